The lowest BCUT2D eigenvalue weighted by atomic mass is 9.91. The van der Waals surface area contributed by atoms with E-state index in [-0.39, 0.29) is 17.1 Å². The third kappa shape index (κ3) is 4.43. The Bertz CT molecular complexity index is 501. The molecule has 21 heavy (non-hydrogen) atoms. The highest BCUT2D eigenvalue weighted by Crippen LogP contribution is 2.25. The molecule has 1 N–H and O–H groups in total. The maximum Gasteiger partial charge on any atom is 0.335 e. The first-order valence-electron chi connectivity index (χ1n) is 7.36. The Balaban J connectivity index is 2.13. The molecule has 0 aromatic carbocycles. The van der Waals surface area contributed by atoms with Crippen LogP contribution in [0.2, 0.25) is 0 Å². The summed E-state index contributed by atoms with van der Waals surface area (Å²) in [4.78, 5) is 15.7. The summed E-state index contributed by atoms with van der Waals surface area (Å²) in [6.45, 7) is 7.17. The zero-order valence-corrected chi connectivity index (χ0v) is 12.9. The van der Waals surface area contributed by atoms with E-state index < -0.39 is 5.97 Å². The Labute approximate surface area is 125 Å². The normalized spacial score (nSPS) is 19.3. The van der Waals surface area contributed by atoms with Crippen LogP contribution in [0, 0.1) is 0 Å². The first kappa shape index (κ1) is 15.8. The van der Waals surface area contributed by atoms with Gasteiger partial charge in [0, 0.05) is 18.1 Å². The lowest BCUT2D eigenvalue weighted by Gasteiger charge is -2.23. The van der Waals surface area contributed by atoms with E-state index in [0.29, 0.717) is 18.2 Å². The zero-order chi connectivity index (χ0) is 15.5. The lowest BCUT2D eigenvalue weighted by Crippen LogP contribution is -2.26. The lowest BCUT2D eigenvalue weighted by molar-refractivity contribution is -0.0120. The molecule has 1 fully saturated rings. The number of carboxylic acids is 1. The Morgan fingerprint density at radius 1 is 1.43 bits per heavy atom. The van der Waals surface area contributed by atoms with E-state index in [9.17, 15) is 9.90 Å². The van der Waals surface area contributed by atoms with Gasteiger partial charge in [0.2, 0.25) is 5.88 Å². The largest absolute Gasteiger partial charge is 0.478 e. The molecule has 5 heteroatoms. The minimum atomic E-state index is -0.971. The second kappa shape index (κ2) is 6.43. The molecule has 5 nitrogen and oxygen atoms in total. The van der Waals surface area contributed by atoms with Gasteiger partial charge >= 0.3 is 5.97 Å². The molecule has 1 aromatic heterocycles. The van der Waals surface area contributed by atoms with Crippen LogP contribution in [-0.2, 0) is 10.2 Å². The van der Waals surface area contributed by atoms with Crippen molar-refractivity contribution in [1.29, 1.82) is 0 Å². The summed E-state index contributed by atoms with van der Waals surface area (Å²) in [5.74, 6) is -0.615. The standard InChI is InChI=1S/C16H23NO4/c1-16(2,3)13-8-11(15(18)19)9-14(17-13)21-10-12-6-4-5-7-20-12/h8-9,12H,4-7,10H2,1-3H3,(H,18,19). The van der Waals surface area contributed by atoms with Gasteiger partial charge in [-0.3, -0.25) is 0 Å². The van der Waals surface area contributed by atoms with Crippen LogP contribution in [-0.4, -0.2) is 35.4 Å². The summed E-state index contributed by atoms with van der Waals surface area (Å²) in [5, 5.41) is 9.21. The Kier molecular flexibility index (Phi) is 4.83. The monoisotopic (exact) mass is 293 g/mol. The van der Waals surface area contributed by atoms with Gasteiger partial charge in [0.1, 0.15) is 6.61 Å². The topological polar surface area (TPSA) is 68.7 Å². The van der Waals surface area contributed by atoms with E-state index in [4.69, 9.17) is 9.47 Å². The van der Waals surface area contributed by atoms with Crippen molar-refractivity contribution in [2.45, 2.75) is 51.6 Å². The van der Waals surface area contributed by atoms with Crippen LogP contribution < -0.4 is 4.74 Å². The summed E-state index contributed by atoms with van der Waals surface area (Å²) < 4.78 is 11.3. The molecule has 2 rings (SSSR count). The molecular weight excluding hydrogens is 270 g/mol. The van der Waals surface area contributed by atoms with Crippen molar-refractivity contribution >= 4 is 5.97 Å². The minimum Gasteiger partial charge on any atom is -0.478 e. The molecule has 1 aliphatic rings. The number of hydrogen-bond donors (Lipinski definition) is 1. The van der Waals surface area contributed by atoms with Crippen molar-refractivity contribution in [3.63, 3.8) is 0 Å². The Morgan fingerprint density at radius 3 is 2.76 bits per heavy atom. The molecule has 1 saturated heterocycles. The van der Waals surface area contributed by atoms with Crippen molar-refractivity contribution in [1.82, 2.24) is 4.98 Å². The predicted molar refractivity (Wildman–Crippen MR) is 79.0 cm³/mol. The van der Waals surface area contributed by atoms with Crippen LogP contribution in [0.4, 0.5) is 0 Å². The van der Waals surface area contributed by atoms with Gasteiger partial charge in [0.15, 0.2) is 0 Å². The molecule has 1 aliphatic heterocycles. The number of rotatable bonds is 4. The van der Waals surface area contributed by atoms with E-state index in [1.54, 1.807) is 6.07 Å². The number of carboxylic acid groups (broad SMARTS) is 1. The highest BCUT2D eigenvalue weighted by atomic mass is 16.5. The quantitative estimate of drug-likeness (QED) is 0.924. The van der Waals surface area contributed by atoms with Gasteiger partial charge in [-0.1, -0.05) is 20.8 Å². The van der Waals surface area contributed by atoms with Crippen LogP contribution in [0.3, 0.4) is 0 Å². The number of hydrogen-bond acceptors (Lipinski definition) is 4. The van der Waals surface area contributed by atoms with Crippen LogP contribution in [0.1, 0.15) is 56.1 Å². The van der Waals surface area contributed by atoms with E-state index in [1.807, 2.05) is 20.8 Å². The van der Waals surface area contributed by atoms with Crippen LogP contribution in [0.25, 0.3) is 0 Å². The fourth-order valence-electron chi connectivity index (χ4n) is 2.20. The molecule has 0 radical (unpaired) electrons. The molecule has 1 unspecified atom stereocenters. The number of carbonyl (C=O) groups is 1. The highest BCUT2D eigenvalue weighted by Gasteiger charge is 2.20. The highest BCUT2D eigenvalue weighted by molar-refractivity contribution is 5.88. The summed E-state index contributed by atoms with van der Waals surface area (Å²) in [6.07, 6.45) is 3.29. The second-order valence-electron chi connectivity index (χ2n) is 6.43. The molecule has 0 saturated carbocycles. The SMILES string of the molecule is CC(C)(C)c1cc(C(=O)O)cc(OCC2CCCCO2)n1. The first-order chi connectivity index (χ1) is 9.86. The molecule has 116 valence electrons. The van der Waals surface area contributed by atoms with Gasteiger partial charge in [-0.15, -0.1) is 0 Å². The molecule has 0 spiro atoms. The second-order valence-corrected chi connectivity index (χ2v) is 6.43. The maximum atomic E-state index is 11.2. The van der Waals surface area contributed by atoms with Crippen molar-refractivity contribution < 1.29 is 19.4 Å². The minimum absolute atomic E-state index is 0.0760. The van der Waals surface area contributed by atoms with Gasteiger partial charge in [-0.25, -0.2) is 9.78 Å². The van der Waals surface area contributed by atoms with E-state index in [1.165, 1.54) is 6.07 Å². The fourth-order valence-corrected chi connectivity index (χ4v) is 2.20. The molecule has 0 aliphatic carbocycles. The van der Waals surface area contributed by atoms with Gasteiger partial charge < -0.3 is 14.6 Å². The van der Waals surface area contributed by atoms with Gasteiger partial charge in [-0.2, -0.15) is 0 Å². The third-order valence-electron chi connectivity index (χ3n) is 3.51. The molecule has 0 amide bonds. The zero-order valence-electron chi connectivity index (χ0n) is 12.9. The van der Waals surface area contributed by atoms with Gasteiger partial charge in [0.25, 0.3) is 0 Å². The maximum absolute atomic E-state index is 11.2. The summed E-state index contributed by atoms with van der Waals surface area (Å²) in [5.41, 5.74) is 0.682. The first-order valence-corrected chi connectivity index (χ1v) is 7.36. The molecule has 1 atom stereocenters. The summed E-state index contributed by atoms with van der Waals surface area (Å²) in [6, 6.07) is 3.08. The number of aromatic nitrogens is 1. The Hall–Kier alpha value is -1.62. The van der Waals surface area contributed by atoms with Crippen LogP contribution >= 0.6 is 0 Å². The average Bonchev–Trinajstić information content (AvgIpc) is 2.45. The van der Waals surface area contributed by atoms with Crippen LogP contribution in [0.15, 0.2) is 12.1 Å². The molecule has 2 heterocycles. The molecular formula is C16H23NO4. The van der Waals surface area contributed by atoms with E-state index >= 15 is 0 Å². The van der Waals surface area contributed by atoms with E-state index in [2.05, 4.69) is 4.98 Å². The van der Waals surface area contributed by atoms with Gasteiger partial charge in [-0.05, 0) is 25.3 Å². The van der Waals surface area contributed by atoms with E-state index in [0.717, 1.165) is 25.9 Å². The molecule has 0 bridgehead atoms. The Morgan fingerprint density at radius 2 is 2.19 bits per heavy atom. The average molecular weight is 293 g/mol. The summed E-state index contributed by atoms with van der Waals surface area (Å²) >= 11 is 0. The number of aromatic carboxylic acids is 1. The number of ether oxygens (including phenoxy) is 2. The van der Waals surface area contributed by atoms with Gasteiger partial charge in [0.05, 0.1) is 17.4 Å². The fraction of sp³-hybridized carbons (Fsp3) is 0.625. The summed E-state index contributed by atoms with van der Waals surface area (Å²) in [7, 11) is 0. The molecule has 1 aromatic rings. The number of nitrogens with zero attached hydrogens (tertiary/aromatic N) is 1. The smallest absolute Gasteiger partial charge is 0.335 e. The van der Waals surface area contributed by atoms with Crippen molar-refractivity contribution in [3.8, 4) is 5.88 Å². The van der Waals surface area contributed by atoms with Crippen molar-refractivity contribution in [2.24, 2.45) is 0 Å². The predicted octanol–water partition coefficient (Wildman–Crippen LogP) is 3.03. The third-order valence-corrected chi connectivity index (χ3v) is 3.51. The van der Waals surface area contributed by atoms with Crippen LogP contribution in [0.5, 0.6) is 5.88 Å². The number of pyridine rings is 1. The van der Waals surface area contributed by atoms with Crippen molar-refractivity contribution in [3.05, 3.63) is 23.4 Å². The van der Waals surface area contributed by atoms with Crippen molar-refractivity contribution in [2.75, 3.05) is 13.2 Å².